The Bertz CT molecular complexity index is 860. The third-order valence-corrected chi connectivity index (χ3v) is 4.00. The second-order valence-electron chi connectivity index (χ2n) is 5.70. The van der Waals surface area contributed by atoms with E-state index in [1.54, 1.807) is 20.3 Å². The molecule has 0 saturated heterocycles. The van der Waals surface area contributed by atoms with Gasteiger partial charge in [-0.1, -0.05) is 6.92 Å². The number of carbonyl (C=O) groups excluding carboxylic acids is 1. The van der Waals surface area contributed by atoms with Gasteiger partial charge in [-0.15, -0.1) is 0 Å². The Morgan fingerprint density at radius 3 is 2.30 bits per heavy atom. The second kappa shape index (κ2) is 9.23. The quantitative estimate of drug-likeness (QED) is 0.491. The zero-order valence-corrected chi connectivity index (χ0v) is 16.5. The Hall–Kier alpha value is -2.80. The Morgan fingerprint density at radius 1 is 1.07 bits per heavy atom. The summed E-state index contributed by atoms with van der Waals surface area (Å²) in [7, 11) is 6.21. The Labute approximate surface area is 158 Å². The van der Waals surface area contributed by atoms with Crippen LogP contribution in [0.15, 0.2) is 12.1 Å². The molecule has 7 heteroatoms. The molecule has 27 heavy (non-hydrogen) atoms. The molecule has 0 fully saturated rings. The largest absolute Gasteiger partial charge is 0.496 e. The molecule has 0 unspecified atom stereocenters. The minimum atomic E-state index is -0.106. The van der Waals surface area contributed by atoms with Crippen LogP contribution in [0.4, 0.5) is 0 Å². The number of hydrogen-bond acceptors (Lipinski definition) is 7. The standard InChI is InChI=1S/C20H25NO6/c1-7-13-10-15(24-4)16-17(18(13)25-5)21-14(9-8-12(2)22)19(26-6)20(16)27-11-23-3/h8-10H,7,11H2,1-6H3. The highest BCUT2D eigenvalue weighted by Crippen LogP contribution is 2.46. The highest BCUT2D eigenvalue weighted by molar-refractivity contribution is 6.00. The van der Waals surface area contributed by atoms with Gasteiger partial charge in [0.2, 0.25) is 0 Å². The molecule has 0 aliphatic heterocycles. The van der Waals surface area contributed by atoms with Gasteiger partial charge in [-0.3, -0.25) is 4.79 Å². The summed E-state index contributed by atoms with van der Waals surface area (Å²) in [4.78, 5) is 16.1. The van der Waals surface area contributed by atoms with E-state index < -0.39 is 0 Å². The normalized spacial score (nSPS) is 11.0. The van der Waals surface area contributed by atoms with Crippen molar-refractivity contribution in [2.45, 2.75) is 20.3 Å². The van der Waals surface area contributed by atoms with E-state index in [2.05, 4.69) is 4.98 Å². The maximum atomic E-state index is 11.4. The topological polar surface area (TPSA) is 76.1 Å². The van der Waals surface area contributed by atoms with E-state index in [4.69, 9.17) is 23.7 Å². The van der Waals surface area contributed by atoms with Gasteiger partial charge in [0.25, 0.3) is 0 Å². The van der Waals surface area contributed by atoms with Gasteiger partial charge in [0.1, 0.15) is 22.7 Å². The molecule has 1 heterocycles. The maximum Gasteiger partial charge on any atom is 0.188 e. The lowest BCUT2D eigenvalue weighted by molar-refractivity contribution is -0.112. The van der Waals surface area contributed by atoms with Crippen molar-refractivity contribution >= 4 is 22.8 Å². The van der Waals surface area contributed by atoms with E-state index in [9.17, 15) is 4.79 Å². The molecule has 2 aromatic rings. The summed E-state index contributed by atoms with van der Waals surface area (Å²) in [5.41, 5.74) is 1.95. The van der Waals surface area contributed by atoms with Crippen LogP contribution in [0.1, 0.15) is 25.1 Å². The van der Waals surface area contributed by atoms with E-state index in [1.165, 1.54) is 27.2 Å². The number of aryl methyl sites for hydroxylation is 1. The number of methoxy groups -OCH3 is 4. The van der Waals surface area contributed by atoms with Crippen LogP contribution in [0.2, 0.25) is 0 Å². The molecule has 0 spiro atoms. The first kappa shape index (κ1) is 20.5. The summed E-state index contributed by atoms with van der Waals surface area (Å²) in [5.74, 6) is 1.88. The smallest absolute Gasteiger partial charge is 0.188 e. The third-order valence-electron chi connectivity index (χ3n) is 4.00. The molecular weight excluding hydrogens is 350 g/mol. The molecule has 7 nitrogen and oxygen atoms in total. The fraction of sp³-hybridized carbons (Fsp3) is 0.400. The van der Waals surface area contributed by atoms with Gasteiger partial charge in [0, 0.05) is 7.11 Å². The number of pyridine rings is 1. The molecule has 1 aromatic carbocycles. The van der Waals surface area contributed by atoms with Gasteiger partial charge in [-0.05, 0) is 37.1 Å². The first-order valence-corrected chi connectivity index (χ1v) is 8.48. The van der Waals surface area contributed by atoms with Gasteiger partial charge >= 0.3 is 0 Å². The SMILES string of the molecule is CCc1cc(OC)c2c(OCOC)c(OC)c(C=CC(C)=O)nc2c1OC. The van der Waals surface area contributed by atoms with Crippen molar-refractivity contribution < 1.29 is 28.5 Å². The molecule has 0 N–H and O–H groups in total. The minimum Gasteiger partial charge on any atom is -0.496 e. The second-order valence-corrected chi connectivity index (χ2v) is 5.70. The zero-order valence-electron chi connectivity index (χ0n) is 16.5. The molecule has 146 valence electrons. The van der Waals surface area contributed by atoms with Gasteiger partial charge < -0.3 is 23.7 Å². The van der Waals surface area contributed by atoms with Crippen LogP contribution < -0.4 is 18.9 Å². The van der Waals surface area contributed by atoms with E-state index in [1.807, 2.05) is 13.0 Å². The van der Waals surface area contributed by atoms with Crippen molar-refractivity contribution in [3.63, 3.8) is 0 Å². The fourth-order valence-electron chi connectivity index (χ4n) is 2.82. The van der Waals surface area contributed by atoms with E-state index >= 15 is 0 Å². The van der Waals surface area contributed by atoms with E-state index in [0.29, 0.717) is 39.6 Å². The molecule has 0 aliphatic rings. The van der Waals surface area contributed by atoms with E-state index in [0.717, 1.165) is 12.0 Å². The van der Waals surface area contributed by atoms with Gasteiger partial charge in [0.05, 0.1) is 26.7 Å². The number of fused-ring (bicyclic) bond motifs is 1. The summed E-state index contributed by atoms with van der Waals surface area (Å²) >= 11 is 0. The molecule has 2 rings (SSSR count). The number of ketones is 1. The van der Waals surface area contributed by atoms with Crippen molar-refractivity contribution in [1.29, 1.82) is 0 Å². The van der Waals surface area contributed by atoms with Crippen LogP contribution in [0, 0.1) is 0 Å². The van der Waals surface area contributed by atoms with Gasteiger partial charge in [0.15, 0.2) is 24.1 Å². The number of benzene rings is 1. The molecule has 0 amide bonds. The van der Waals surface area contributed by atoms with Crippen molar-refractivity contribution in [2.75, 3.05) is 35.2 Å². The molecular formula is C20H25NO6. The minimum absolute atomic E-state index is 0.00628. The molecule has 1 aromatic heterocycles. The molecule has 0 bridgehead atoms. The number of rotatable bonds is 9. The van der Waals surface area contributed by atoms with E-state index in [-0.39, 0.29) is 12.6 Å². The number of ether oxygens (including phenoxy) is 5. The summed E-state index contributed by atoms with van der Waals surface area (Å²) in [5, 5.41) is 0.612. The molecule has 0 atom stereocenters. The summed E-state index contributed by atoms with van der Waals surface area (Å²) in [6.45, 7) is 3.49. The number of aromatic nitrogens is 1. The van der Waals surface area contributed by atoms with Crippen LogP contribution in [0.25, 0.3) is 17.0 Å². The monoisotopic (exact) mass is 375 g/mol. The first-order chi connectivity index (χ1) is 13.0. The Morgan fingerprint density at radius 2 is 1.78 bits per heavy atom. The Balaban J connectivity index is 2.97. The average molecular weight is 375 g/mol. The highest BCUT2D eigenvalue weighted by atomic mass is 16.7. The van der Waals surface area contributed by atoms with Crippen molar-refractivity contribution in [3.8, 4) is 23.0 Å². The third kappa shape index (κ3) is 4.14. The number of hydrogen-bond donors (Lipinski definition) is 0. The van der Waals surface area contributed by atoms with Crippen molar-refractivity contribution in [3.05, 3.63) is 23.4 Å². The number of nitrogens with zero attached hydrogens (tertiary/aromatic N) is 1. The van der Waals surface area contributed by atoms with Crippen LogP contribution in [-0.4, -0.2) is 46.0 Å². The maximum absolute atomic E-state index is 11.4. The van der Waals surface area contributed by atoms with Gasteiger partial charge in [-0.2, -0.15) is 0 Å². The predicted molar refractivity (Wildman–Crippen MR) is 103 cm³/mol. The zero-order chi connectivity index (χ0) is 20.0. The van der Waals surface area contributed by atoms with Crippen LogP contribution in [0.3, 0.4) is 0 Å². The first-order valence-electron chi connectivity index (χ1n) is 8.48. The van der Waals surface area contributed by atoms with Crippen molar-refractivity contribution in [1.82, 2.24) is 4.98 Å². The molecule has 0 saturated carbocycles. The highest BCUT2D eigenvalue weighted by Gasteiger charge is 2.24. The molecule has 0 radical (unpaired) electrons. The average Bonchev–Trinajstić information content (AvgIpc) is 2.68. The lowest BCUT2D eigenvalue weighted by Gasteiger charge is -2.19. The fourth-order valence-corrected chi connectivity index (χ4v) is 2.82. The number of allylic oxidation sites excluding steroid dienone is 1. The Kier molecular flexibility index (Phi) is 7.01. The predicted octanol–water partition coefficient (Wildman–Crippen LogP) is 3.41. The van der Waals surface area contributed by atoms with Crippen LogP contribution >= 0.6 is 0 Å². The number of carbonyl (C=O) groups is 1. The summed E-state index contributed by atoms with van der Waals surface area (Å²) in [6.07, 6.45) is 3.74. The summed E-state index contributed by atoms with van der Waals surface area (Å²) < 4.78 is 27.6. The van der Waals surface area contributed by atoms with Crippen LogP contribution in [-0.2, 0) is 16.0 Å². The van der Waals surface area contributed by atoms with Gasteiger partial charge in [-0.25, -0.2) is 4.98 Å². The molecule has 0 aliphatic carbocycles. The lowest BCUT2D eigenvalue weighted by Crippen LogP contribution is -2.06. The van der Waals surface area contributed by atoms with Crippen LogP contribution in [0.5, 0.6) is 23.0 Å². The summed E-state index contributed by atoms with van der Waals surface area (Å²) in [6, 6.07) is 1.90. The van der Waals surface area contributed by atoms with Crippen molar-refractivity contribution in [2.24, 2.45) is 0 Å². The lowest BCUT2D eigenvalue weighted by atomic mass is 10.0.